The third-order valence-corrected chi connectivity index (χ3v) is 4.15. The van der Waals surface area contributed by atoms with Gasteiger partial charge in [0.25, 0.3) is 0 Å². The van der Waals surface area contributed by atoms with Crippen LogP contribution in [0.3, 0.4) is 0 Å². The molecule has 0 radical (unpaired) electrons. The Balaban J connectivity index is 1.69. The van der Waals surface area contributed by atoms with Gasteiger partial charge in [0.15, 0.2) is 0 Å². The molecule has 0 aromatic heterocycles. The Kier molecular flexibility index (Phi) is 3.88. The number of amides is 1. The molecule has 1 unspecified atom stereocenters. The molecule has 21 heavy (non-hydrogen) atoms. The Hall–Kier alpha value is -1.94. The molecular weight excluding hydrogens is 280 g/mol. The van der Waals surface area contributed by atoms with Gasteiger partial charge in [0.2, 0.25) is 5.91 Å². The third kappa shape index (κ3) is 3.39. The van der Waals surface area contributed by atoms with Gasteiger partial charge in [-0.15, -0.1) is 0 Å². The maximum absolute atomic E-state index is 12.2. The zero-order valence-corrected chi connectivity index (χ0v) is 12.5. The van der Waals surface area contributed by atoms with Crippen LogP contribution in [0, 0.1) is 5.92 Å². The molecule has 4 heteroatoms. The average molecular weight is 298 g/mol. The van der Waals surface area contributed by atoms with Gasteiger partial charge in [-0.05, 0) is 35.1 Å². The van der Waals surface area contributed by atoms with Crippen molar-refractivity contribution in [1.82, 2.24) is 5.32 Å². The van der Waals surface area contributed by atoms with Crippen molar-refractivity contribution >= 4 is 33.9 Å². The number of thiocarbonyl (C=S) groups is 1. The quantitative estimate of drug-likeness (QED) is 0.834. The summed E-state index contributed by atoms with van der Waals surface area (Å²) in [6.07, 6.45) is 2.55. The van der Waals surface area contributed by atoms with Crippen molar-refractivity contribution in [2.45, 2.75) is 25.3 Å². The number of benzene rings is 2. The molecule has 3 rings (SSSR count). The Morgan fingerprint density at radius 2 is 1.95 bits per heavy atom. The van der Waals surface area contributed by atoms with Gasteiger partial charge in [-0.25, -0.2) is 0 Å². The molecule has 108 valence electrons. The maximum atomic E-state index is 12.2. The maximum Gasteiger partial charge on any atom is 0.224 e. The first-order chi connectivity index (χ1) is 10.1. The molecule has 0 aliphatic heterocycles. The monoisotopic (exact) mass is 298 g/mol. The van der Waals surface area contributed by atoms with Crippen molar-refractivity contribution in [1.29, 1.82) is 0 Å². The zero-order valence-electron chi connectivity index (χ0n) is 11.7. The molecule has 0 heterocycles. The van der Waals surface area contributed by atoms with Crippen molar-refractivity contribution < 1.29 is 4.79 Å². The first-order valence-electron chi connectivity index (χ1n) is 7.20. The minimum absolute atomic E-state index is 0.0185. The second-order valence-corrected chi connectivity index (χ2v) is 6.11. The first-order valence-corrected chi connectivity index (χ1v) is 7.60. The summed E-state index contributed by atoms with van der Waals surface area (Å²) in [6.45, 7) is 0. The summed E-state index contributed by atoms with van der Waals surface area (Å²) in [5.74, 6) is 0.415. The number of hydrogen-bond donors (Lipinski definition) is 2. The molecule has 1 amide bonds. The van der Waals surface area contributed by atoms with Gasteiger partial charge in [0.1, 0.15) is 0 Å². The van der Waals surface area contributed by atoms with Crippen LogP contribution in [0.15, 0.2) is 42.5 Å². The fourth-order valence-electron chi connectivity index (χ4n) is 2.61. The minimum atomic E-state index is -0.145. The SMILES string of the molecule is NC(=S)C(NC(=O)Cc1ccc2ccccc2c1)C1CC1. The van der Waals surface area contributed by atoms with Crippen molar-refractivity contribution in [3.05, 3.63) is 48.0 Å². The van der Waals surface area contributed by atoms with E-state index in [9.17, 15) is 4.79 Å². The van der Waals surface area contributed by atoms with Crippen molar-refractivity contribution in [2.24, 2.45) is 11.7 Å². The molecule has 3 N–H and O–H groups in total. The average Bonchev–Trinajstić information content (AvgIpc) is 3.29. The molecule has 0 bridgehead atoms. The molecule has 2 aromatic carbocycles. The van der Waals surface area contributed by atoms with Crippen LogP contribution < -0.4 is 11.1 Å². The van der Waals surface area contributed by atoms with Crippen molar-refractivity contribution in [3.63, 3.8) is 0 Å². The fourth-order valence-corrected chi connectivity index (χ4v) is 2.86. The van der Waals surface area contributed by atoms with E-state index in [1.54, 1.807) is 0 Å². The highest BCUT2D eigenvalue weighted by atomic mass is 32.1. The standard InChI is InChI=1S/C17H18N2OS/c18-17(21)16(13-7-8-13)19-15(20)10-11-5-6-12-3-1-2-4-14(12)9-11/h1-6,9,13,16H,7-8,10H2,(H2,18,21)(H,19,20). The predicted molar refractivity (Wildman–Crippen MR) is 89.1 cm³/mol. The number of nitrogens with one attached hydrogen (secondary N) is 1. The van der Waals surface area contributed by atoms with E-state index < -0.39 is 0 Å². The summed E-state index contributed by atoms with van der Waals surface area (Å²) < 4.78 is 0. The normalized spacial score (nSPS) is 15.6. The van der Waals surface area contributed by atoms with Crippen molar-refractivity contribution in [3.8, 4) is 0 Å². The number of rotatable bonds is 5. The van der Waals surface area contributed by atoms with Crippen LogP contribution >= 0.6 is 12.2 Å². The van der Waals surface area contributed by atoms with Crippen LogP contribution in [0.2, 0.25) is 0 Å². The molecule has 3 nitrogen and oxygen atoms in total. The number of carbonyl (C=O) groups is 1. The van der Waals surface area contributed by atoms with E-state index in [1.165, 1.54) is 5.39 Å². The van der Waals surface area contributed by atoms with Gasteiger partial charge in [0.05, 0.1) is 17.5 Å². The molecule has 1 atom stereocenters. The molecule has 1 fully saturated rings. The van der Waals surface area contributed by atoms with Gasteiger partial charge in [-0.1, -0.05) is 54.7 Å². The summed E-state index contributed by atoms with van der Waals surface area (Å²) in [6, 6.07) is 14.1. The number of carbonyl (C=O) groups excluding carboxylic acids is 1. The van der Waals surface area contributed by atoms with E-state index in [0.717, 1.165) is 23.8 Å². The third-order valence-electron chi connectivity index (χ3n) is 3.89. The lowest BCUT2D eigenvalue weighted by Gasteiger charge is -2.16. The summed E-state index contributed by atoms with van der Waals surface area (Å²) in [5.41, 5.74) is 6.71. The Bertz CT molecular complexity index is 694. The molecular formula is C17H18N2OS. The van der Waals surface area contributed by atoms with E-state index in [4.69, 9.17) is 18.0 Å². The molecule has 0 saturated heterocycles. The fraction of sp³-hybridized carbons (Fsp3) is 0.294. The van der Waals surface area contributed by atoms with E-state index in [-0.39, 0.29) is 11.9 Å². The van der Waals surface area contributed by atoms with Gasteiger partial charge in [-0.3, -0.25) is 4.79 Å². The molecule has 1 saturated carbocycles. The number of nitrogens with two attached hydrogens (primary N) is 1. The predicted octanol–water partition coefficient (Wildman–Crippen LogP) is 2.56. The van der Waals surface area contributed by atoms with Crippen LogP contribution in [-0.4, -0.2) is 16.9 Å². The van der Waals surface area contributed by atoms with E-state index >= 15 is 0 Å². The van der Waals surface area contributed by atoms with Gasteiger partial charge >= 0.3 is 0 Å². The number of fused-ring (bicyclic) bond motifs is 1. The lowest BCUT2D eigenvalue weighted by atomic mass is 10.0. The second kappa shape index (κ2) is 5.82. The Morgan fingerprint density at radius 1 is 1.24 bits per heavy atom. The van der Waals surface area contributed by atoms with Crippen LogP contribution in [0.4, 0.5) is 0 Å². The molecule has 2 aromatic rings. The molecule has 1 aliphatic carbocycles. The van der Waals surface area contributed by atoms with E-state index in [2.05, 4.69) is 23.5 Å². The topological polar surface area (TPSA) is 55.1 Å². The summed E-state index contributed by atoms with van der Waals surface area (Å²) >= 11 is 5.04. The van der Waals surface area contributed by atoms with Gasteiger partial charge in [-0.2, -0.15) is 0 Å². The van der Waals surface area contributed by atoms with Gasteiger partial charge < -0.3 is 11.1 Å². The van der Waals surface area contributed by atoms with Crippen LogP contribution in [-0.2, 0) is 11.2 Å². The minimum Gasteiger partial charge on any atom is -0.392 e. The van der Waals surface area contributed by atoms with Crippen LogP contribution in [0.5, 0.6) is 0 Å². The highest BCUT2D eigenvalue weighted by molar-refractivity contribution is 7.80. The van der Waals surface area contributed by atoms with E-state index in [0.29, 0.717) is 17.3 Å². The molecule has 0 spiro atoms. The van der Waals surface area contributed by atoms with Crippen molar-refractivity contribution in [2.75, 3.05) is 0 Å². The van der Waals surface area contributed by atoms with Crippen LogP contribution in [0.1, 0.15) is 18.4 Å². The van der Waals surface area contributed by atoms with Crippen LogP contribution in [0.25, 0.3) is 10.8 Å². The molecule has 1 aliphatic rings. The highest BCUT2D eigenvalue weighted by Crippen LogP contribution is 2.32. The number of hydrogen-bond acceptors (Lipinski definition) is 2. The lowest BCUT2D eigenvalue weighted by molar-refractivity contribution is -0.120. The Labute approximate surface area is 129 Å². The summed E-state index contributed by atoms with van der Waals surface area (Å²) in [4.78, 5) is 12.6. The summed E-state index contributed by atoms with van der Waals surface area (Å²) in [5, 5.41) is 5.30. The smallest absolute Gasteiger partial charge is 0.224 e. The largest absolute Gasteiger partial charge is 0.392 e. The summed E-state index contributed by atoms with van der Waals surface area (Å²) in [7, 11) is 0. The van der Waals surface area contributed by atoms with E-state index in [1.807, 2.05) is 24.3 Å². The highest BCUT2D eigenvalue weighted by Gasteiger charge is 2.34. The first kappa shape index (κ1) is 14.0. The second-order valence-electron chi connectivity index (χ2n) is 5.64. The van der Waals surface area contributed by atoms with Gasteiger partial charge in [0, 0.05) is 0 Å². The Morgan fingerprint density at radius 3 is 2.62 bits per heavy atom. The zero-order chi connectivity index (χ0) is 14.8. The lowest BCUT2D eigenvalue weighted by Crippen LogP contribution is -2.45.